The van der Waals surface area contributed by atoms with Crippen molar-refractivity contribution in [3.05, 3.63) is 99.6 Å². The van der Waals surface area contributed by atoms with E-state index in [1.165, 1.54) is 41.4 Å². The van der Waals surface area contributed by atoms with Crippen molar-refractivity contribution in [3.63, 3.8) is 0 Å². The smallest absolute Gasteiger partial charge is 0.405 e. The zero-order chi connectivity index (χ0) is 21.0. The van der Waals surface area contributed by atoms with E-state index >= 15 is 0 Å². The second-order valence-corrected chi connectivity index (χ2v) is 6.24. The van der Waals surface area contributed by atoms with Crippen LogP contribution in [0.1, 0.15) is 11.3 Å². The highest BCUT2D eigenvalue weighted by Gasteiger charge is 2.30. The topological polar surface area (TPSA) is 73.3 Å². The Morgan fingerprint density at radius 2 is 1.90 bits per heavy atom. The maximum Gasteiger partial charge on any atom is 0.416 e. The van der Waals surface area contributed by atoms with Crippen LogP contribution in [0, 0.1) is 0 Å². The van der Waals surface area contributed by atoms with E-state index in [-0.39, 0.29) is 17.1 Å². The minimum absolute atomic E-state index is 0.0912. The molecule has 29 heavy (non-hydrogen) atoms. The number of nitrogens with two attached hydrogens (primary N) is 1. The van der Waals surface area contributed by atoms with Crippen molar-refractivity contribution in [1.82, 2.24) is 9.78 Å². The van der Waals surface area contributed by atoms with Crippen LogP contribution in [0.5, 0.6) is 0 Å². The van der Waals surface area contributed by atoms with Gasteiger partial charge in [-0.1, -0.05) is 29.8 Å². The van der Waals surface area contributed by atoms with E-state index in [4.69, 9.17) is 17.3 Å². The van der Waals surface area contributed by atoms with Gasteiger partial charge in [0.05, 0.1) is 27.7 Å². The number of allylic oxidation sites excluding steroid dienone is 1. The third-order valence-corrected chi connectivity index (χ3v) is 4.16. The predicted molar refractivity (Wildman–Crippen MR) is 106 cm³/mol. The van der Waals surface area contributed by atoms with Crippen LogP contribution >= 0.6 is 11.6 Å². The van der Waals surface area contributed by atoms with Crippen LogP contribution in [0.4, 0.5) is 18.9 Å². The lowest BCUT2D eigenvalue weighted by atomic mass is 10.2. The molecule has 5 nitrogen and oxygen atoms in total. The van der Waals surface area contributed by atoms with E-state index < -0.39 is 17.2 Å². The molecule has 9 heteroatoms. The summed E-state index contributed by atoms with van der Waals surface area (Å²) in [6.07, 6.45) is -0.681. The first-order valence-corrected chi connectivity index (χ1v) is 8.67. The van der Waals surface area contributed by atoms with Crippen LogP contribution in [-0.4, -0.2) is 15.5 Å². The molecule has 0 spiro atoms. The Morgan fingerprint density at radius 1 is 1.14 bits per heavy atom. The number of hydrogen-bond donors (Lipinski definition) is 1. The Hall–Kier alpha value is -3.39. The van der Waals surface area contributed by atoms with Gasteiger partial charge in [0.1, 0.15) is 0 Å². The fourth-order valence-electron chi connectivity index (χ4n) is 2.49. The summed E-state index contributed by atoms with van der Waals surface area (Å²) in [7, 11) is 0. The highest BCUT2D eigenvalue weighted by molar-refractivity contribution is 6.33. The van der Waals surface area contributed by atoms with E-state index in [1.807, 2.05) is 0 Å². The highest BCUT2D eigenvalue weighted by atomic mass is 35.5. The lowest BCUT2D eigenvalue weighted by Crippen LogP contribution is -2.20. The van der Waals surface area contributed by atoms with Gasteiger partial charge < -0.3 is 5.73 Å². The van der Waals surface area contributed by atoms with Crippen LogP contribution in [0.2, 0.25) is 5.02 Å². The summed E-state index contributed by atoms with van der Waals surface area (Å²) in [6, 6.07) is 12.5. The van der Waals surface area contributed by atoms with E-state index in [1.54, 1.807) is 24.3 Å². The molecule has 0 fully saturated rings. The second-order valence-electron chi connectivity index (χ2n) is 5.83. The van der Waals surface area contributed by atoms with Crippen LogP contribution < -0.4 is 11.2 Å². The molecule has 0 aliphatic carbocycles. The molecule has 3 aromatic rings. The number of hydrogen-bond acceptors (Lipinski definition) is 4. The monoisotopic (exact) mass is 418 g/mol. The van der Waals surface area contributed by atoms with Gasteiger partial charge in [-0.3, -0.25) is 4.79 Å². The van der Waals surface area contributed by atoms with E-state index in [2.05, 4.69) is 10.1 Å². The van der Waals surface area contributed by atoms with Crippen LogP contribution in [0.15, 0.2) is 82.9 Å². The quantitative estimate of drug-likeness (QED) is 0.634. The minimum Gasteiger partial charge on any atom is -0.405 e. The molecular formula is C20H14ClF3N4O. The van der Waals surface area contributed by atoms with Gasteiger partial charge in [-0.25, -0.2) is 9.67 Å². The second kappa shape index (κ2) is 8.32. The van der Waals surface area contributed by atoms with Crippen molar-refractivity contribution in [2.45, 2.75) is 6.18 Å². The summed E-state index contributed by atoms with van der Waals surface area (Å²) in [5.41, 5.74) is 4.71. The van der Waals surface area contributed by atoms with Crippen LogP contribution in [0.3, 0.4) is 0 Å². The molecule has 2 N–H and O–H groups in total. The van der Waals surface area contributed by atoms with Gasteiger partial charge >= 0.3 is 6.18 Å². The lowest BCUT2D eigenvalue weighted by molar-refractivity contribution is -0.137. The molecule has 0 saturated carbocycles. The summed E-state index contributed by atoms with van der Waals surface area (Å²) < 4.78 is 40.2. The normalized spacial score (nSPS) is 12.5. The van der Waals surface area contributed by atoms with Gasteiger partial charge in [-0.15, -0.1) is 0 Å². The molecule has 0 bridgehead atoms. The maximum atomic E-state index is 13.0. The van der Waals surface area contributed by atoms with Gasteiger partial charge in [-0.05, 0) is 42.6 Å². The molecule has 0 aliphatic heterocycles. The van der Waals surface area contributed by atoms with Crippen LogP contribution in [0.25, 0.3) is 5.69 Å². The molecule has 0 saturated heterocycles. The number of benzene rings is 2. The average molecular weight is 419 g/mol. The Bertz CT molecular complexity index is 1150. The van der Waals surface area contributed by atoms with Gasteiger partial charge in [0.15, 0.2) is 5.69 Å². The average Bonchev–Trinajstić information content (AvgIpc) is 2.69. The van der Waals surface area contributed by atoms with E-state index in [9.17, 15) is 18.0 Å². The fourth-order valence-corrected chi connectivity index (χ4v) is 2.66. The maximum absolute atomic E-state index is 13.0. The number of para-hydroxylation sites is 1. The lowest BCUT2D eigenvalue weighted by Gasteiger charge is -2.11. The third-order valence-electron chi connectivity index (χ3n) is 3.84. The minimum atomic E-state index is -4.50. The molecule has 0 unspecified atom stereocenters. The Labute approximate surface area is 168 Å². The standard InChI is InChI=1S/C20H14ClF3N4O/c21-15-6-1-2-7-16(15)26-17(8-10-25)19-18(29)9-11-28(27-19)14-5-3-4-13(12-14)20(22,23)24/h1-12H,25H2. The molecule has 1 aromatic heterocycles. The number of aliphatic imine (C=N–C) groups is 1. The first kappa shape index (κ1) is 20.3. The number of nitrogens with zero attached hydrogens (tertiary/aromatic N) is 3. The third kappa shape index (κ3) is 4.72. The number of rotatable bonds is 4. The van der Waals surface area contributed by atoms with E-state index in [0.29, 0.717) is 10.7 Å². The summed E-state index contributed by atoms with van der Waals surface area (Å²) in [5, 5.41) is 4.52. The molecule has 0 atom stereocenters. The van der Waals surface area contributed by atoms with Crippen molar-refractivity contribution >= 4 is 23.0 Å². The predicted octanol–water partition coefficient (Wildman–Crippen LogP) is 4.50. The summed E-state index contributed by atoms with van der Waals surface area (Å²) in [5.74, 6) is 0. The number of alkyl halides is 3. The van der Waals surface area contributed by atoms with Crippen molar-refractivity contribution in [1.29, 1.82) is 0 Å². The fraction of sp³-hybridized carbons (Fsp3) is 0.0500. The molecule has 3 rings (SSSR count). The van der Waals surface area contributed by atoms with Crippen molar-refractivity contribution in [2.24, 2.45) is 10.7 Å². The summed E-state index contributed by atoms with van der Waals surface area (Å²) >= 11 is 6.11. The largest absolute Gasteiger partial charge is 0.416 e. The van der Waals surface area contributed by atoms with Gasteiger partial charge in [-0.2, -0.15) is 18.3 Å². The first-order valence-electron chi connectivity index (χ1n) is 8.29. The zero-order valence-corrected chi connectivity index (χ0v) is 15.5. The Morgan fingerprint density at radius 3 is 2.59 bits per heavy atom. The molecule has 0 aliphatic rings. The van der Waals surface area contributed by atoms with Crippen LogP contribution in [-0.2, 0) is 6.18 Å². The number of aromatic nitrogens is 2. The zero-order valence-electron chi connectivity index (χ0n) is 14.8. The van der Waals surface area contributed by atoms with Gasteiger partial charge in [0.25, 0.3) is 0 Å². The Balaban J connectivity index is 2.13. The molecule has 0 radical (unpaired) electrons. The molecular weight excluding hydrogens is 405 g/mol. The van der Waals surface area contributed by atoms with E-state index in [0.717, 1.165) is 12.1 Å². The molecule has 0 amide bonds. The summed E-state index contributed by atoms with van der Waals surface area (Å²) in [4.78, 5) is 16.7. The van der Waals surface area contributed by atoms with Gasteiger partial charge in [0, 0.05) is 12.3 Å². The molecule has 148 valence electrons. The summed E-state index contributed by atoms with van der Waals surface area (Å²) in [6.45, 7) is 0. The van der Waals surface area contributed by atoms with Crippen molar-refractivity contribution in [2.75, 3.05) is 0 Å². The highest BCUT2D eigenvalue weighted by Crippen LogP contribution is 2.30. The van der Waals surface area contributed by atoms with Gasteiger partial charge in [0.2, 0.25) is 5.43 Å². The number of halogens is 4. The SMILES string of the molecule is NC=CC(=Nc1ccccc1Cl)c1nn(-c2cccc(C(F)(F)F)c2)ccc1=O. The first-order chi connectivity index (χ1) is 13.8. The molecule has 2 aromatic carbocycles. The van der Waals surface area contributed by atoms with Crippen molar-refractivity contribution < 1.29 is 13.2 Å². The van der Waals surface area contributed by atoms with Crippen molar-refractivity contribution in [3.8, 4) is 5.69 Å². The molecule has 1 heterocycles. The Kier molecular flexibility index (Phi) is 5.84.